The van der Waals surface area contributed by atoms with Gasteiger partial charge in [-0.3, -0.25) is 9.58 Å². The third kappa shape index (κ3) is 2.70. The van der Waals surface area contributed by atoms with Gasteiger partial charge in [0.15, 0.2) is 5.82 Å². The van der Waals surface area contributed by atoms with Gasteiger partial charge in [0, 0.05) is 44.2 Å². The molecule has 0 aliphatic carbocycles. The summed E-state index contributed by atoms with van der Waals surface area (Å²) >= 11 is 0. The van der Waals surface area contributed by atoms with Crippen LogP contribution in [0.5, 0.6) is 0 Å². The molecule has 3 rings (SSSR count). The number of likely N-dealkylation sites (tertiary alicyclic amines) is 1. The molecule has 1 atom stereocenters. The molecule has 6 nitrogen and oxygen atoms in total. The highest BCUT2D eigenvalue weighted by molar-refractivity contribution is 5.36. The Bertz CT molecular complexity index is 664. The largest absolute Gasteiger partial charge is 0.373 e. The Labute approximate surface area is 131 Å². The zero-order chi connectivity index (χ0) is 15.7. The third-order valence-electron chi connectivity index (χ3n) is 4.51. The van der Waals surface area contributed by atoms with Gasteiger partial charge in [0.2, 0.25) is 0 Å². The summed E-state index contributed by atoms with van der Waals surface area (Å²) in [5.74, 6) is 1.80. The van der Waals surface area contributed by atoms with E-state index < -0.39 is 0 Å². The minimum Gasteiger partial charge on any atom is -0.373 e. The summed E-state index contributed by atoms with van der Waals surface area (Å²) in [6.07, 6.45) is 6.27. The number of rotatable bonds is 4. The molecule has 1 saturated heterocycles. The molecule has 0 spiro atoms. The monoisotopic (exact) mass is 300 g/mol. The van der Waals surface area contributed by atoms with Gasteiger partial charge in [-0.1, -0.05) is 0 Å². The van der Waals surface area contributed by atoms with Crippen molar-refractivity contribution >= 4 is 5.82 Å². The molecule has 1 fully saturated rings. The van der Waals surface area contributed by atoms with E-state index in [2.05, 4.69) is 28.4 Å². The summed E-state index contributed by atoms with van der Waals surface area (Å²) in [5, 5.41) is 7.40. The second-order valence-corrected chi connectivity index (χ2v) is 6.29. The van der Waals surface area contributed by atoms with Gasteiger partial charge in [0.05, 0.1) is 11.7 Å². The predicted molar refractivity (Wildman–Crippen MR) is 86.5 cm³/mol. The quantitative estimate of drug-likeness (QED) is 0.936. The van der Waals surface area contributed by atoms with Gasteiger partial charge in [-0.25, -0.2) is 9.97 Å². The van der Waals surface area contributed by atoms with Crippen molar-refractivity contribution in [2.24, 2.45) is 7.05 Å². The van der Waals surface area contributed by atoms with Crippen LogP contribution >= 0.6 is 0 Å². The molecule has 1 aliphatic rings. The number of hydrogen-bond acceptors (Lipinski definition) is 5. The first-order chi connectivity index (χ1) is 10.5. The van der Waals surface area contributed by atoms with E-state index in [1.165, 1.54) is 12.0 Å². The minimum atomic E-state index is -0.118. The van der Waals surface area contributed by atoms with Crippen LogP contribution in [0.15, 0.2) is 18.5 Å². The van der Waals surface area contributed by atoms with Crippen molar-refractivity contribution in [1.82, 2.24) is 24.6 Å². The molecule has 3 heterocycles. The average Bonchev–Trinajstić information content (AvgIpc) is 3.06. The maximum absolute atomic E-state index is 4.72. The number of nitrogens with one attached hydrogen (secondary N) is 1. The number of nitrogens with zero attached hydrogens (tertiary/aromatic N) is 5. The lowest BCUT2D eigenvalue weighted by molar-refractivity contribution is 0.137. The van der Waals surface area contributed by atoms with E-state index in [9.17, 15) is 0 Å². The van der Waals surface area contributed by atoms with Crippen molar-refractivity contribution in [2.45, 2.75) is 38.8 Å². The summed E-state index contributed by atoms with van der Waals surface area (Å²) < 4.78 is 1.85. The van der Waals surface area contributed by atoms with E-state index in [0.717, 1.165) is 36.8 Å². The molecule has 0 bridgehead atoms. The van der Waals surface area contributed by atoms with Crippen molar-refractivity contribution in [1.29, 1.82) is 0 Å². The molecule has 1 unspecified atom stereocenters. The number of hydrogen-bond donors (Lipinski definition) is 1. The van der Waals surface area contributed by atoms with E-state index in [4.69, 9.17) is 9.97 Å². The van der Waals surface area contributed by atoms with E-state index in [0.29, 0.717) is 0 Å². The van der Waals surface area contributed by atoms with Crippen molar-refractivity contribution in [3.8, 4) is 0 Å². The van der Waals surface area contributed by atoms with Crippen LogP contribution < -0.4 is 5.32 Å². The fourth-order valence-corrected chi connectivity index (χ4v) is 3.24. The van der Waals surface area contributed by atoms with Gasteiger partial charge in [0.25, 0.3) is 0 Å². The number of aromatic nitrogens is 4. The van der Waals surface area contributed by atoms with E-state index in [1.54, 1.807) is 0 Å². The molecule has 2 aromatic heterocycles. The van der Waals surface area contributed by atoms with E-state index >= 15 is 0 Å². The predicted octanol–water partition coefficient (Wildman–Crippen LogP) is 2.07. The Morgan fingerprint density at radius 3 is 2.86 bits per heavy atom. The Morgan fingerprint density at radius 1 is 1.36 bits per heavy atom. The van der Waals surface area contributed by atoms with Gasteiger partial charge >= 0.3 is 0 Å². The Morgan fingerprint density at radius 2 is 2.18 bits per heavy atom. The lowest BCUT2D eigenvalue weighted by atomic mass is 9.97. The zero-order valence-corrected chi connectivity index (χ0v) is 13.8. The van der Waals surface area contributed by atoms with Crippen molar-refractivity contribution in [2.75, 3.05) is 18.9 Å². The Kier molecular flexibility index (Phi) is 3.87. The van der Waals surface area contributed by atoms with Gasteiger partial charge in [-0.05, 0) is 33.2 Å². The van der Waals surface area contributed by atoms with Crippen molar-refractivity contribution < 1.29 is 0 Å². The molecule has 1 aliphatic heterocycles. The van der Waals surface area contributed by atoms with Crippen LogP contribution in [0, 0.1) is 6.92 Å². The molecule has 6 heteroatoms. The highest BCUT2D eigenvalue weighted by Crippen LogP contribution is 2.38. The molecule has 0 amide bonds. The van der Waals surface area contributed by atoms with E-state index in [1.807, 2.05) is 38.0 Å². The average molecular weight is 300 g/mol. The second kappa shape index (κ2) is 5.68. The molecule has 0 saturated carbocycles. The summed E-state index contributed by atoms with van der Waals surface area (Å²) in [4.78, 5) is 11.9. The minimum absolute atomic E-state index is 0.118. The molecule has 0 radical (unpaired) electrons. The van der Waals surface area contributed by atoms with Gasteiger partial charge in [-0.15, -0.1) is 0 Å². The SMILES string of the molecule is CNc1cc(C)nc(C2(C)CCCN2Cc2cnn(C)c2)n1. The standard InChI is InChI=1S/C16H24N6/c1-12-8-14(17-3)20-15(19-12)16(2)6-5-7-22(16)11-13-9-18-21(4)10-13/h8-10H,5-7,11H2,1-4H3,(H,17,19,20). The Balaban J connectivity index is 1.91. The summed E-state index contributed by atoms with van der Waals surface area (Å²) in [5.41, 5.74) is 2.12. The van der Waals surface area contributed by atoms with Crippen LogP contribution in [0.25, 0.3) is 0 Å². The highest BCUT2D eigenvalue weighted by atomic mass is 15.3. The van der Waals surface area contributed by atoms with Crippen LogP contribution in [0.4, 0.5) is 5.82 Å². The van der Waals surface area contributed by atoms with Gasteiger partial charge in [-0.2, -0.15) is 5.10 Å². The molecular formula is C16H24N6. The fourth-order valence-electron chi connectivity index (χ4n) is 3.24. The van der Waals surface area contributed by atoms with Crippen LogP contribution in [0.3, 0.4) is 0 Å². The fraction of sp³-hybridized carbons (Fsp3) is 0.562. The van der Waals surface area contributed by atoms with Crippen LogP contribution in [-0.4, -0.2) is 38.2 Å². The first kappa shape index (κ1) is 15.0. The molecule has 2 aromatic rings. The topological polar surface area (TPSA) is 58.9 Å². The maximum atomic E-state index is 4.72. The number of anilines is 1. The Hall–Kier alpha value is -1.95. The molecule has 118 valence electrons. The summed E-state index contributed by atoms with van der Waals surface area (Å²) in [7, 11) is 3.85. The third-order valence-corrected chi connectivity index (χ3v) is 4.51. The van der Waals surface area contributed by atoms with Gasteiger partial charge in [0.1, 0.15) is 5.82 Å². The van der Waals surface area contributed by atoms with Crippen molar-refractivity contribution in [3.63, 3.8) is 0 Å². The molecular weight excluding hydrogens is 276 g/mol. The number of aryl methyl sites for hydroxylation is 2. The molecule has 0 aromatic carbocycles. The van der Waals surface area contributed by atoms with Crippen LogP contribution in [0.2, 0.25) is 0 Å². The maximum Gasteiger partial charge on any atom is 0.150 e. The summed E-state index contributed by atoms with van der Waals surface area (Å²) in [6, 6.07) is 1.98. The van der Waals surface area contributed by atoms with E-state index in [-0.39, 0.29) is 5.54 Å². The van der Waals surface area contributed by atoms with Gasteiger partial charge < -0.3 is 5.32 Å². The highest BCUT2D eigenvalue weighted by Gasteiger charge is 2.40. The first-order valence-electron chi connectivity index (χ1n) is 7.78. The lowest BCUT2D eigenvalue weighted by Crippen LogP contribution is -2.39. The van der Waals surface area contributed by atoms with Crippen molar-refractivity contribution in [3.05, 3.63) is 35.5 Å². The smallest absolute Gasteiger partial charge is 0.150 e. The first-order valence-corrected chi connectivity index (χ1v) is 7.78. The molecule has 1 N–H and O–H groups in total. The summed E-state index contributed by atoms with van der Waals surface area (Å²) in [6.45, 7) is 6.23. The zero-order valence-electron chi connectivity index (χ0n) is 13.8. The normalized spacial score (nSPS) is 22.2. The second-order valence-electron chi connectivity index (χ2n) is 6.29. The lowest BCUT2D eigenvalue weighted by Gasteiger charge is -2.34. The van der Waals surface area contributed by atoms with Crippen LogP contribution in [-0.2, 0) is 19.1 Å². The molecule has 22 heavy (non-hydrogen) atoms. The van der Waals surface area contributed by atoms with Crippen LogP contribution in [0.1, 0.15) is 36.8 Å².